The average Bonchev–Trinajstić information content (AvgIpc) is 3.08. The Labute approximate surface area is 109 Å². The van der Waals surface area contributed by atoms with Gasteiger partial charge in [0.2, 0.25) is 0 Å². The average molecular weight is 249 g/mol. The molecule has 1 unspecified atom stereocenters. The van der Waals surface area contributed by atoms with Gasteiger partial charge in [0.05, 0.1) is 5.69 Å². The lowest BCUT2D eigenvalue weighted by Crippen LogP contribution is -2.35. The number of amides is 1. The molecule has 100 valence electrons. The van der Waals surface area contributed by atoms with E-state index in [-0.39, 0.29) is 5.91 Å². The summed E-state index contributed by atoms with van der Waals surface area (Å²) in [5.41, 5.74) is 7.07. The van der Waals surface area contributed by atoms with E-state index in [4.69, 9.17) is 5.73 Å². The highest BCUT2D eigenvalue weighted by Crippen LogP contribution is 2.34. The van der Waals surface area contributed by atoms with E-state index in [2.05, 4.69) is 12.2 Å². The van der Waals surface area contributed by atoms with Gasteiger partial charge >= 0.3 is 0 Å². The van der Waals surface area contributed by atoms with Crippen LogP contribution in [-0.4, -0.2) is 16.5 Å². The van der Waals surface area contributed by atoms with Crippen molar-refractivity contribution < 1.29 is 4.79 Å². The normalized spacial score (nSPS) is 16.6. The Morgan fingerprint density at radius 1 is 1.56 bits per heavy atom. The number of hydrogen-bond acceptors (Lipinski definition) is 2. The van der Waals surface area contributed by atoms with Gasteiger partial charge in [-0.25, -0.2) is 0 Å². The Balaban J connectivity index is 2.00. The predicted octanol–water partition coefficient (Wildman–Crippen LogP) is 2.40. The predicted molar refractivity (Wildman–Crippen MR) is 73.4 cm³/mol. The van der Waals surface area contributed by atoms with Crippen LogP contribution in [0.1, 0.15) is 50.0 Å². The van der Waals surface area contributed by atoms with Crippen LogP contribution in [0.2, 0.25) is 0 Å². The van der Waals surface area contributed by atoms with Crippen molar-refractivity contribution >= 4 is 11.6 Å². The molecule has 1 amide bonds. The number of anilines is 1. The minimum atomic E-state index is 0.000972. The van der Waals surface area contributed by atoms with Crippen LogP contribution in [0.4, 0.5) is 5.69 Å². The summed E-state index contributed by atoms with van der Waals surface area (Å²) >= 11 is 0. The molecule has 1 aromatic rings. The number of hydrogen-bond donors (Lipinski definition) is 2. The molecule has 0 spiro atoms. The quantitative estimate of drug-likeness (QED) is 0.813. The molecular weight excluding hydrogens is 226 g/mol. The van der Waals surface area contributed by atoms with Crippen molar-refractivity contribution in [1.82, 2.24) is 9.88 Å². The number of aromatic nitrogens is 1. The van der Waals surface area contributed by atoms with Crippen molar-refractivity contribution in [1.29, 1.82) is 0 Å². The van der Waals surface area contributed by atoms with E-state index >= 15 is 0 Å². The molecule has 2 rings (SSSR count). The maximum atomic E-state index is 12.2. The zero-order chi connectivity index (χ0) is 13.1. The monoisotopic (exact) mass is 249 g/mol. The number of nitrogen functional groups attached to an aromatic ring is 1. The van der Waals surface area contributed by atoms with E-state index in [1.165, 1.54) is 12.8 Å². The fraction of sp³-hybridized carbons (Fsp3) is 0.643. The number of rotatable bonds is 6. The summed E-state index contributed by atoms with van der Waals surface area (Å²) in [6, 6.07) is 2.05. The molecule has 1 aliphatic rings. The molecular formula is C14H23N3O. The van der Waals surface area contributed by atoms with Gasteiger partial charge in [-0.05, 0) is 31.7 Å². The van der Waals surface area contributed by atoms with E-state index in [9.17, 15) is 4.79 Å². The van der Waals surface area contributed by atoms with Gasteiger partial charge in [0, 0.05) is 18.8 Å². The second-order valence-corrected chi connectivity index (χ2v) is 5.20. The van der Waals surface area contributed by atoms with Crippen LogP contribution in [0.3, 0.4) is 0 Å². The molecule has 1 atom stereocenters. The number of carbonyl (C=O) groups excluding carboxylic acids is 1. The van der Waals surface area contributed by atoms with Crippen LogP contribution < -0.4 is 11.1 Å². The summed E-state index contributed by atoms with van der Waals surface area (Å²) in [7, 11) is 0. The first-order chi connectivity index (χ1) is 8.63. The Morgan fingerprint density at radius 2 is 2.28 bits per heavy atom. The van der Waals surface area contributed by atoms with E-state index in [1.54, 1.807) is 6.07 Å². The first kappa shape index (κ1) is 13.0. The lowest BCUT2D eigenvalue weighted by atomic mass is 10.1. The van der Waals surface area contributed by atoms with E-state index in [0.29, 0.717) is 17.4 Å². The van der Waals surface area contributed by atoms with Gasteiger partial charge in [0.15, 0.2) is 0 Å². The van der Waals surface area contributed by atoms with E-state index < -0.39 is 0 Å². The third kappa shape index (κ3) is 3.06. The first-order valence-electron chi connectivity index (χ1n) is 6.90. The topological polar surface area (TPSA) is 60.1 Å². The molecule has 1 aromatic heterocycles. The first-order valence-corrected chi connectivity index (χ1v) is 6.90. The molecule has 1 saturated carbocycles. The molecule has 4 heteroatoms. The molecule has 4 nitrogen and oxygen atoms in total. The second-order valence-electron chi connectivity index (χ2n) is 5.20. The minimum Gasteiger partial charge on any atom is -0.397 e. The zero-order valence-corrected chi connectivity index (χ0v) is 11.3. The second kappa shape index (κ2) is 5.46. The third-order valence-corrected chi connectivity index (χ3v) is 3.63. The summed E-state index contributed by atoms with van der Waals surface area (Å²) in [6.07, 6.45) is 6.57. The standard InChI is InChI=1S/C14H23N3O/c1-3-12(7-10-5-6-10)16-14(18)13-8-11(15)9-17(13)4-2/h8-10,12H,3-7,15H2,1-2H3,(H,16,18). The Kier molecular flexibility index (Phi) is 3.94. The molecule has 1 aliphatic carbocycles. The van der Waals surface area contributed by atoms with Crippen LogP contribution in [0.5, 0.6) is 0 Å². The fourth-order valence-corrected chi connectivity index (χ4v) is 2.33. The maximum absolute atomic E-state index is 12.2. The third-order valence-electron chi connectivity index (χ3n) is 3.63. The van der Waals surface area contributed by atoms with Crippen LogP contribution in [-0.2, 0) is 6.54 Å². The van der Waals surface area contributed by atoms with Gasteiger partial charge in [-0.3, -0.25) is 4.79 Å². The number of aryl methyl sites for hydroxylation is 1. The van der Waals surface area contributed by atoms with E-state index in [0.717, 1.165) is 25.3 Å². The summed E-state index contributed by atoms with van der Waals surface area (Å²) in [4.78, 5) is 12.2. The number of nitrogens with zero attached hydrogens (tertiary/aromatic N) is 1. The highest BCUT2D eigenvalue weighted by Gasteiger charge is 2.26. The van der Waals surface area contributed by atoms with Crippen LogP contribution in [0.25, 0.3) is 0 Å². The molecule has 0 bridgehead atoms. The number of nitrogens with one attached hydrogen (secondary N) is 1. The van der Waals surface area contributed by atoms with Gasteiger partial charge in [-0.15, -0.1) is 0 Å². The van der Waals surface area contributed by atoms with Crippen LogP contribution >= 0.6 is 0 Å². The Bertz CT molecular complexity index is 421. The SMILES string of the molecule is CCC(CC1CC1)NC(=O)c1cc(N)cn1CC. The number of carbonyl (C=O) groups is 1. The minimum absolute atomic E-state index is 0.000972. The summed E-state index contributed by atoms with van der Waals surface area (Å²) in [5.74, 6) is 0.833. The zero-order valence-electron chi connectivity index (χ0n) is 11.3. The highest BCUT2D eigenvalue weighted by molar-refractivity contribution is 5.94. The van der Waals surface area contributed by atoms with Gasteiger partial charge < -0.3 is 15.6 Å². The molecule has 0 radical (unpaired) electrons. The largest absolute Gasteiger partial charge is 0.397 e. The van der Waals surface area contributed by atoms with Gasteiger partial charge in [0.25, 0.3) is 5.91 Å². The van der Waals surface area contributed by atoms with Gasteiger partial charge in [0.1, 0.15) is 5.69 Å². The smallest absolute Gasteiger partial charge is 0.268 e. The molecule has 0 aliphatic heterocycles. The summed E-state index contributed by atoms with van der Waals surface area (Å²) in [6.45, 7) is 4.90. The Hall–Kier alpha value is -1.45. The molecule has 0 aromatic carbocycles. The summed E-state index contributed by atoms with van der Waals surface area (Å²) in [5, 5.41) is 3.13. The van der Waals surface area contributed by atoms with Crippen molar-refractivity contribution in [2.24, 2.45) is 5.92 Å². The van der Waals surface area contributed by atoms with E-state index in [1.807, 2.05) is 17.7 Å². The van der Waals surface area contributed by atoms with Gasteiger partial charge in [-0.1, -0.05) is 19.8 Å². The van der Waals surface area contributed by atoms with Crippen LogP contribution in [0.15, 0.2) is 12.3 Å². The fourth-order valence-electron chi connectivity index (χ4n) is 2.33. The molecule has 0 saturated heterocycles. The van der Waals surface area contributed by atoms with Crippen molar-refractivity contribution in [2.75, 3.05) is 5.73 Å². The lowest BCUT2D eigenvalue weighted by molar-refractivity contribution is 0.0923. The van der Waals surface area contributed by atoms with Crippen molar-refractivity contribution in [3.05, 3.63) is 18.0 Å². The highest BCUT2D eigenvalue weighted by atomic mass is 16.2. The Morgan fingerprint density at radius 3 is 2.83 bits per heavy atom. The van der Waals surface area contributed by atoms with Crippen molar-refractivity contribution in [3.8, 4) is 0 Å². The van der Waals surface area contributed by atoms with Gasteiger partial charge in [-0.2, -0.15) is 0 Å². The number of nitrogens with two attached hydrogens (primary N) is 1. The lowest BCUT2D eigenvalue weighted by Gasteiger charge is -2.17. The molecule has 18 heavy (non-hydrogen) atoms. The van der Waals surface area contributed by atoms with Crippen LogP contribution in [0, 0.1) is 5.92 Å². The van der Waals surface area contributed by atoms with Crippen molar-refractivity contribution in [3.63, 3.8) is 0 Å². The molecule has 1 fully saturated rings. The summed E-state index contributed by atoms with van der Waals surface area (Å²) < 4.78 is 1.90. The molecule has 1 heterocycles. The molecule has 3 N–H and O–H groups in total. The van der Waals surface area contributed by atoms with Crippen molar-refractivity contribution in [2.45, 2.75) is 52.1 Å². The maximum Gasteiger partial charge on any atom is 0.268 e.